The van der Waals surface area contributed by atoms with Crippen LogP contribution in [0.4, 0.5) is 4.79 Å². The zero-order valence-electron chi connectivity index (χ0n) is 15.6. The maximum Gasteiger partial charge on any atom is 0.315 e. The summed E-state index contributed by atoms with van der Waals surface area (Å²) < 4.78 is 10.9. The molecule has 2 N–H and O–H groups in total. The van der Waals surface area contributed by atoms with Gasteiger partial charge in [-0.3, -0.25) is 4.90 Å². The molecule has 1 heterocycles. The van der Waals surface area contributed by atoms with Crippen LogP contribution in [0.2, 0.25) is 0 Å². The van der Waals surface area contributed by atoms with Crippen molar-refractivity contribution in [1.29, 1.82) is 0 Å². The minimum Gasteiger partial charge on any atom is -0.493 e. The first-order valence-electron chi connectivity index (χ1n) is 8.64. The van der Waals surface area contributed by atoms with Crippen molar-refractivity contribution in [3.05, 3.63) is 35.9 Å². The summed E-state index contributed by atoms with van der Waals surface area (Å²) in [5.74, 6) is 1.45. The van der Waals surface area contributed by atoms with Crippen molar-refractivity contribution < 1.29 is 14.3 Å². The molecule has 1 unspecified atom stereocenters. The fourth-order valence-corrected chi connectivity index (χ4v) is 3.21. The third-order valence-electron chi connectivity index (χ3n) is 4.35. The molecule has 0 aromatic heterocycles. The number of nitrogens with one attached hydrogen (secondary N) is 2. The molecule has 0 aliphatic carbocycles. The van der Waals surface area contributed by atoms with Crippen molar-refractivity contribution in [2.45, 2.75) is 32.4 Å². The monoisotopic (exact) mass is 347 g/mol. The van der Waals surface area contributed by atoms with Gasteiger partial charge in [-0.15, -0.1) is 6.58 Å². The number of hydrogen-bond acceptors (Lipinski definition) is 4. The molecule has 1 aromatic carbocycles. The van der Waals surface area contributed by atoms with Crippen LogP contribution >= 0.6 is 0 Å². The van der Waals surface area contributed by atoms with Crippen LogP contribution < -0.4 is 20.1 Å². The Kier molecular flexibility index (Phi) is 6.70. The number of carbonyl (C=O) groups is 1. The van der Waals surface area contributed by atoms with E-state index < -0.39 is 0 Å². The number of carbonyl (C=O) groups excluding carboxylic acids is 1. The highest BCUT2D eigenvalue weighted by molar-refractivity contribution is 5.74. The van der Waals surface area contributed by atoms with Gasteiger partial charge < -0.3 is 20.1 Å². The molecule has 138 valence electrons. The zero-order valence-corrected chi connectivity index (χ0v) is 15.6. The van der Waals surface area contributed by atoms with E-state index in [9.17, 15) is 4.79 Å². The van der Waals surface area contributed by atoms with Crippen LogP contribution in [0.5, 0.6) is 11.5 Å². The molecule has 6 nitrogen and oxygen atoms in total. The van der Waals surface area contributed by atoms with E-state index in [0.29, 0.717) is 12.3 Å². The first kappa shape index (κ1) is 19.1. The Morgan fingerprint density at radius 1 is 1.36 bits per heavy atom. The number of rotatable bonds is 7. The summed E-state index contributed by atoms with van der Waals surface area (Å²) in [4.78, 5) is 14.3. The van der Waals surface area contributed by atoms with Gasteiger partial charge >= 0.3 is 6.03 Å². The molecule has 6 heteroatoms. The number of nitrogens with zero attached hydrogens (tertiary/aromatic N) is 1. The van der Waals surface area contributed by atoms with Crippen molar-refractivity contribution >= 4 is 6.03 Å². The summed E-state index contributed by atoms with van der Waals surface area (Å²) >= 11 is 0. The van der Waals surface area contributed by atoms with E-state index in [1.807, 2.05) is 32.1 Å². The predicted octanol–water partition coefficient (Wildman–Crippen LogP) is 2.50. The van der Waals surface area contributed by atoms with Gasteiger partial charge in [0.1, 0.15) is 0 Å². The second kappa shape index (κ2) is 8.76. The minimum absolute atomic E-state index is 0.0690. The van der Waals surface area contributed by atoms with Gasteiger partial charge in [0, 0.05) is 25.7 Å². The van der Waals surface area contributed by atoms with Crippen molar-refractivity contribution in [2.75, 3.05) is 33.9 Å². The highest BCUT2D eigenvalue weighted by Crippen LogP contribution is 2.37. The number of fused-ring (bicyclic) bond motifs is 1. The Labute approximate surface area is 150 Å². The van der Waals surface area contributed by atoms with E-state index in [4.69, 9.17) is 9.47 Å². The molecule has 0 fully saturated rings. The summed E-state index contributed by atoms with van der Waals surface area (Å²) in [6.45, 7) is 9.94. The molecule has 1 aliphatic heterocycles. The lowest BCUT2D eigenvalue weighted by Gasteiger charge is -2.37. The quantitative estimate of drug-likeness (QED) is 0.744. The van der Waals surface area contributed by atoms with Crippen molar-refractivity contribution in [2.24, 2.45) is 0 Å². The van der Waals surface area contributed by atoms with E-state index in [1.165, 1.54) is 5.56 Å². The second-order valence-electron chi connectivity index (χ2n) is 6.46. The van der Waals surface area contributed by atoms with Crippen LogP contribution in [0, 0.1) is 0 Å². The average Bonchev–Trinajstić information content (AvgIpc) is 2.59. The molecule has 0 bridgehead atoms. The zero-order chi connectivity index (χ0) is 18.4. The Morgan fingerprint density at radius 2 is 2.04 bits per heavy atom. The van der Waals surface area contributed by atoms with Crippen LogP contribution in [-0.2, 0) is 6.42 Å². The smallest absolute Gasteiger partial charge is 0.315 e. The van der Waals surface area contributed by atoms with Crippen LogP contribution in [0.3, 0.4) is 0 Å². The topological polar surface area (TPSA) is 62.8 Å². The number of urea groups is 1. The number of amides is 2. The molecular formula is C19H29N3O3. The molecule has 25 heavy (non-hydrogen) atoms. The Balaban J connectivity index is 2.27. The normalized spacial score (nSPS) is 16.9. The molecule has 1 aliphatic rings. The number of ether oxygens (including phenoxy) is 2. The molecular weight excluding hydrogens is 318 g/mol. The van der Waals surface area contributed by atoms with Gasteiger partial charge in [0.25, 0.3) is 0 Å². The fraction of sp³-hybridized carbons (Fsp3) is 0.526. The lowest BCUT2D eigenvalue weighted by molar-refractivity contribution is 0.195. The van der Waals surface area contributed by atoms with Crippen LogP contribution in [0.1, 0.15) is 31.0 Å². The standard InChI is InChI=1S/C19H29N3O3/c1-6-8-22-9-7-14-10-17(24-4)18(25-5)11-15(14)16(22)12-20-19(23)21-13(2)3/h6,10-11,13,16H,1,7-9,12H2,2-5H3,(H2,20,21,23). The summed E-state index contributed by atoms with van der Waals surface area (Å²) in [5.41, 5.74) is 2.39. The molecule has 0 radical (unpaired) electrons. The van der Waals surface area contributed by atoms with Crippen LogP contribution in [-0.4, -0.2) is 50.8 Å². The van der Waals surface area contributed by atoms with Gasteiger partial charge in [-0.25, -0.2) is 4.79 Å². The van der Waals surface area contributed by atoms with E-state index in [2.05, 4.69) is 22.1 Å². The largest absolute Gasteiger partial charge is 0.493 e. The maximum absolute atomic E-state index is 12.0. The van der Waals surface area contributed by atoms with Gasteiger partial charge in [-0.1, -0.05) is 6.08 Å². The predicted molar refractivity (Wildman–Crippen MR) is 99.4 cm³/mol. The van der Waals surface area contributed by atoms with Crippen molar-refractivity contribution in [3.8, 4) is 11.5 Å². The third kappa shape index (κ3) is 4.66. The first-order valence-corrected chi connectivity index (χ1v) is 8.64. The molecule has 0 saturated heterocycles. The van der Waals surface area contributed by atoms with Crippen molar-refractivity contribution in [1.82, 2.24) is 15.5 Å². The summed E-state index contributed by atoms with van der Waals surface area (Å²) in [5, 5.41) is 5.84. The lowest BCUT2D eigenvalue weighted by atomic mass is 9.91. The van der Waals surface area contributed by atoms with Crippen LogP contribution in [0.15, 0.2) is 24.8 Å². The second-order valence-corrected chi connectivity index (χ2v) is 6.46. The summed E-state index contributed by atoms with van der Waals surface area (Å²) in [6, 6.07) is 4.09. The number of hydrogen-bond donors (Lipinski definition) is 2. The Hall–Kier alpha value is -2.21. The first-order chi connectivity index (χ1) is 12.0. The number of benzene rings is 1. The lowest BCUT2D eigenvalue weighted by Crippen LogP contribution is -2.46. The van der Waals surface area contributed by atoms with E-state index in [1.54, 1.807) is 14.2 Å². The minimum atomic E-state index is -0.152. The highest BCUT2D eigenvalue weighted by Gasteiger charge is 2.28. The molecule has 0 spiro atoms. The van der Waals surface area contributed by atoms with E-state index in [0.717, 1.165) is 30.8 Å². The highest BCUT2D eigenvalue weighted by atomic mass is 16.5. The Morgan fingerprint density at radius 3 is 2.64 bits per heavy atom. The van der Waals surface area contributed by atoms with Gasteiger partial charge in [0.2, 0.25) is 0 Å². The molecule has 1 atom stereocenters. The SMILES string of the molecule is C=CCN1CCc2cc(OC)c(OC)cc2C1CNC(=O)NC(C)C. The van der Waals surface area contributed by atoms with Crippen molar-refractivity contribution in [3.63, 3.8) is 0 Å². The van der Waals surface area contributed by atoms with Gasteiger partial charge in [-0.05, 0) is 43.5 Å². The number of methoxy groups -OCH3 is 2. The summed E-state index contributed by atoms with van der Waals surface area (Å²) in [6.07, 6.45) is 2.82. The van der Waals surface area contributed by atoms with Gasteiger partial charge in [-0.2, -0.15) is 0 Å². The fourth-order valence-electron chi connectivity index (χ4n) is 3.21. The van der Waals surface area contributed by atoms with Gasteiger partial charge in [0.15, 0.2) is 11.5 Å². The molecule has 1 aromatic rings. The van der Waals surface area contributed by atoms with Crippen LogP contribution in [0.25, 0.3) is 0 Å². The Bertz CT molecular complexity index is 616. The maximum atomic E-state index is 12.0. The third-order valence-corrected chi connectivity index (χ3v) is 4.35. The van der Waals surface area contributed by atoms with E-state index in [-0.39, 0.29) is 18.1 Å². The van der Waals surface area contributed by atoms with E-state index >= 15 is 0 Å². The summed E-state index contributed by atoms with van der Waals surface area (Å²) in [7, 11) is 3.28. The van der Waals surface area contributed by atoms with Gasteiger partial charge in [0.05, 0.1) is 20.3 Å². The molecule has 0 saturated carbocycles. The molecule has 2 amide bonds. The molecule has 2 rings (SSSR count). The average molecular weight is 347 g/mol.